The van der Waals surface area contributed by atoms with E-state index in [0.29, 0.717) is 0 Å². The molecule has 1 aromatic heterocycles. The minimum absolute atomic E-state index is 0.227. The molecule has 0 radical (unpaired) electrons. The number of hydrogen-bond donors (Lipinski definition) is 2. The monoisotopic (exact) mass is 228 g/mol. The molecule has 0 bridgehead atoms. The lowest BCUT2D eigenvalue weighted by Gasteiger charge is -2.21. The molecule has 0 amide bonds. The minimum Gasteiger partial charge on any atom is -0.504 e. The summed E-state index contributed by atoms with van der Waals surface area (Å²) < 4.78 is 1.58. The number of aromatic hydroxyl groups is 1. The van der Waals surface area contributed by atoms with Crippen LogP contribution in [0.4, 0.5) is 0 Å². The van der Waals surface area contributed by atoms with Gasteiger partial charge in [0.15, 0.2) is 5.75 Å². The van der Waals surface area contributed by atoms with Crippen molar-refractivity contribution in [1.82, 2.24) is 9.78 Å². The van der Waals surface area contributed by atoms with Crippen molar-refractivity contribution in [2.45, 2.75) is 18.9 Å². The number of aromatic carboxylic acids is 1. The number of carboxylic acid groups (broad SMARTS) is 1. The van der Waals surface area contributed by atoms with Crippen molar-refractivity contribution in [3.8, 4) is 5.75 Å². The molecular weight excluding hydrogens is 216 g/mol. The molecule has 1 saturated heterocycles. The molecule has 0 atom stereocenters. The lowest BCUT2D eigenvalue weighted by Crippen LogP contribution is -2.16. The van der Waals surface area contributed by atoms with Crippen LogP contribution in [-0.2, 0) is 0 Å². The van der Waals surface area contributed by atoms with Crippen LogP contribution in [0.2, 0.25) is 0 Å². The quantitative estimate of drug-likeness (QED) is 0.799. The zero-order chi connectivity index (χ0) is 10.8. The third-order valence-corrected chi connectivity index (χ3v) is 3.53. The first-order chi connectivity index (χ1) is 7.18. The van der Waals surface area contributed by atoms with Gasteiger partial charge in [0.05, 0.1) is 12.2 Å². The largest absolute Gasteiger partial charge is 0.504 e. The van der Waals surface area contributed by atoms with E-state index in [0.717, 1.165) is 24.3 Å². The van der Waals surface area contributed by atoms with Gasteiger partial charge in [0.25, 0.3) is 0 Å². The molecule has 15 heavy (non-hydrogen) atoms. The molecule has 82 valence electrons. The van der Waals surface area contributed by atoms with Gasteiger partial charge in [0.1, 0.15) is 0 Å². The Bertz CT molecular complexity index is 371. The number of aromatic nitrogens is 2. The van der Waals surface area contributed by atoms with Gasteiger partial charge in [0.2, 0.25) is 5.69 Å². The van der Waals surface area contributed by atoms with E-state index in [1.54, 1.807) is 4.68 Å². The molecule has 1 fully saturated rings. The molecule has 0 aromatic carbocycles. The van der Waals surface area contributed by atoms with Gasteiger partial charge in [-0.2, -0.15) is 16.9 Å². The van der Waals surface area contributed by atoms with E-state index in [-0.39, 0.29) is 17.5 Å². The highest BCUT2D eigenvalue weighted by atomic mass is 32.2. The van der Waals surface area contributed by atoms with Crippen LogP contribution in [-0.4, -0.2) is 37.5 Å². The van der Waals surface area contributed by atoms with Crippen LogP contribution in [0.5, 0.6) is 5.75 Å². The van der Waals surface area contributed by atoms with Crippen LogP contribution in [0.25, 0.3) is 0 Å². The first-order valence-electron chi connectivity index (χ1n) is 4.77. The van der Waals surface area contributed by atoms with E-state index in [4.69, 9.17) is 5.11 Å². The molecular formula is C9H12N2O3S. The molecule has 0 unspecified atom stereocenters. The standard InChI is InChI=1S/C9H12N2O3S/c12-7-5-11(10-8(7)9(13)14)6-1-3-15-4-2-6/h5-6,12H,1-4H2,(H,13,14). The number of hydrogen-bond acceptors (Lipinski definition) is 4. The molecule has 1 aliphatic rings. The van der Waals surface area contributed by atoms with Crippen molar-refractivity contribution in [3.05, 3.63) is 11.9 Å². The van der Waals surface area contributed by atoms with Gasteiger partial charge in [0, 0.05) is 0 Å². The first-order valence-corrected chi connectivity index (χ1v) is 5.93. The highest BCUT2D eigenvalue weighted by Gasteiger charge is 2.21. The Morgan fingerprint density at radius 1 is 1.53 bits per heavy atom. The van der Waals surface area contributed by atoms with Crippen LogP contribution in [0, 0.1) is 0 Å². The molecule has 2 N–H and O–H groups in total. The van der Waals surface area contributed by atoms with Crippen LogP contribution in [0.15, 0.2) is 6.20 Å². The van der Waals surface area contributed by atoms with Gasteiger partial charge in [-0.05, 0) is 24.3 Å². The highest BCUT2D eigenvalue weighted by molar-refractivity contribution is 7.99. The van der Waals surface area contributed by atoms with Crippen molar-refractivity contribution in [2.24, 2.45) is 0 Å². The predicted molar refractivity (Wildman–Crippen MR) is 56.4 cm³/mol. The number of nitrogens with zero attached hydrogens (tertiary/aromatic N) is 2. The smallest absolute Gasteiger partial charge is 0.360 e. The number of thioether (sulfide) groups is 1. The second-order valence-corrected chi connectivity index (χ2v) is 4.72. The van der Waals surface area contributed by atoms with Crippen LogP contribution in [0.3, 0.4) is 0 Å². The maximum atomic E-state index is 10.7. The fourth-order valence-electron chi connectivity index (χ4n) is 1.67. The Morgan fingerprint density at radius 2 is 2.20 bits per heavy atom. The Morgan fingerprint density at radius 3 is 2.73 bits per heavy atom. The molecule has 1 aromatic rings. The van der Waals surface area contributed by atoms with Crippen LogP contribution < -0.4 is 0 Å². The van der Waals surface area contributed by atoms with Gasteiger partial charge in [-0.25, -0.2) is 4.79 Å². The maximum Gasteiger partial charge on any atom is 0.360 e. The predicted octanol–water partition coefficient (Wildman–Crippen LogP) is 1.35. The fraction of sp³-hybridized carbons (Fsp3) is 0.556. The van der Waals surface area contributed by atoms with Crippen molar-refractivity contribution in [2.75, 3.05) is 11.5 Å². The fourth-order valence-corrected chi connectivity index (χ4v) is 2.75. The molecule has 2 rings (SSSR count). The zero-order valence-corrected chi connectivity index (χ0v) is 8.90. The van der Waals surface area contributed by atoms with Crippen molar-refractivity contribution < 1.29 is 15.0 Å². The Labute approximate surface area is 91.1 Å². The summed E-state index contributed by atoms with van der Waals surface area (Å²) in [4.78, 5) is 10.7. The average Bonchev–Trinajstić information content (AvgIpc) is 2.62. The van der Waals surface area contributed by atoms with Gasteiger partial charge in [-0.1, -0.05) is 0 Å². The number of carboxylic acids is 1. The van der Waals surface area contributed by atoms with Gasteiger partial charge >= 0.3 is 5.97 Å². The van der Waals surface area contributed by atoms with Crippen molar-refractivity contribution >= 4 is 17.7 Å². The normalized spacial score (nSPS) is 17.9. The highest BCUT2D eigenvalue weighted by Crippen LogP contribution is 2.28. The van der Waals surface area contributed by atoms with E-state index in [1.165, 1.54) is 6.20 Å². The lowest BCUT2D eigenvalue weighted by molar-refractivity contribution is 0.0686. The molecule has 0 spiro atoms. The van der Waals surface area contributed by atoms with E-state index < -0.39 is 5.97 Å². The maximum absolute atomic E-state index is 10.7. The summed E-state index contributed by atoms with van der Waals surface area (Å²) >= 11 is 1.89. The minimum atomic E-state index is -1.18. The Hall–Kier alpha value is -1.17. The van der Waals surface area contributed by atoms with Crippen molar-refractivity contribution in [3.63, 3.8) is 0 Å². The number of carbonyl (C=O) groups is 1. The zero-order valence-electron chi connectivity index (χ0n) is 8.09. The molecule has 0 aliphatic carbocycles. The molecule has 0 saturated carbocycles. The van der Waals surface area contributed by atoms with Gasteiger partial charge in [-0.15, -0.1) is 0 Å². The van der Waals surface area contributed by atoms with Gasteiger partial charge in [-0.3, -0.25) is 4.68 Å². The van der Waals surface area contributed by atoms with Gasteiger partial charge < -0.3 is 10.2 Å². The average molecular weight is 228 g/mol. The van der Waals surface area contributed by atoms with Crippen LogP contribution in [0.1, 0.15) is 29.4 Å². The lowest BCUT2D eigenvalue weighted by atomic mass is 10.2. The van der Waals surface area contributed by atoms with Crippen molar-refractivity contribution in [1.29, 1.82) is 0 Å². The van der Waals surface area contributed by atoms with Crippen LogP contribution >= 0.6 is 11.8 Å². The summed E-state index contributed by atoms with van der Waals surface area (Å²) in [5.41, 5.74) is -0.256. The third-order valence-electron chi connectivity index (χ3n) is 2.48. The summed E-state index contributed by atoms with van der Waals surface area (Å²) in [6.07, 6.45) is 3.36. The van der Waals surface area contributed by atoms with E-state index in [2.05, 4.69) is 5.10 Å². The summed E-state index contributed by atoms with van der Waals surface area (Å²) in [5.74, 6) is 0.693. The third kappa shape index (κ3) is 2.09. The second kappa shape index (κ2) is 4.14. The Balaban J connectivity index is 2.21. The van der Waals surface area contributed by atoms with E-state index in [1.807, 2.05) is 11.8 Å². The SMILES string of the molecule is O=C(O)c1nn(C2CCSCC2)cc1O. The summed E-state index contributed by atoms with van der Waals surface area (Å²) in [6.45, 7) is 0. The molecule has 2 heterocycles. The molecule has 6 heteroatoms. The molecule has 1 aliphatic heterocycles. The summed E-state index contributed by atoms with van der Waals surface area (Å²) in [6, 6.07) is 0.227. The molecule has 5 nitrogen and oxygen atoms in total. The Kier molecular flexibility index (Phi) is 2.86. The topological polar surface area (TPSA) is 75.3 Å². The number of rotatable bonds is 2. The summed E-state index contributed by atoms with van der Waals surface area (Å²) in [5, 5.41) is 22.0. The second-order valence-electron chi connectivity index (χ2n) is 3.49. The van der Waals surface area contributed by atoms with E-state index in [9.17, 15) is 9.90 Å². The first kappa shape index (κ1) is 10.4. The van der Waals surface area contributed by atoms with E-state index >= 15 is 0 Å². The summed E-state index contributed by atoms with van der Waals surface area (Å²) in [7, 11) is 0.